The molecule has 176 valence electrons. The molecule has 0 radical (unpaired) electrons. The summed E-state index contributed by atoms with van der Waals surface area (Å²) in [5, 5.41) is 0.761. The molecule has 6 nitrogen and oxygen atoms in total. The molecule has 0 saturated carbocycles. The Kier molecular flexibility index (Phi) is 5.93. The van der Waals surface area contributed by atoms with Gasteiger partial charge < -0.3 is 20.0 Å². The smallest absolute Gasteiger partial charge is 0.272 e. The second kappa shape index (κ2) is 9.04. The van der Waals surface area contributed by atoms with E-state index in [0.29, 0.717) is 11.3 Å². The van der Waals surface area contributed by atoms with Crippen molar-refractivity contribution in [2.75, 3.05) is 13.1 Å². The first kappa shape index (κ1) is 22.3. The number of hydrogen-bond acceptors (Lipinski definition) is 4. The van der Waals surface area contributed by atoms with Crippen molar-refractivity contribution in [1.29, 1.82) is 0 Å². The fourth-order valence-corrected chi connectivity index (χ4v) is 4.60. The summed E-state index contributed by atoms with van der Waals surface area (Å²) >= 11 is 0. The first-order valence-electron chi connectivity index (χ1n) is 11.3. The summed E-state index contributed by atoms with van der Waals surface area (Å²) in [7, 11) is 1.81. The SMILES string of the molecule is Cn1cc(-c2cc(CN3CCC(N)CC3)ccc2Oc2ccc(F)cc2F)c2cc[nH]c(=O)c21. The van der Waals surface area contributed by atoms with Gasteiger partial charge in [0.1, 0.15) is 17.1 Å². The summed E-state index contributed by atoms with van der Waals surface area (Å²) in [6, 6.07) is 11.1. The van der Waals surface area contributed by atoms with Gasteiger partial charge in [-0.1, -0.05) is 6.07 Å². The maximum atomic E-state index is 14.4. The number of nitrogens with zero attached hydrogens (tertiary/aromatic N) is 2. The fourth-order valence-electron chi connectivity index (χ4n) is 4.60. The van der Waals surface area contributed by atoms with Crippen molar-refractivity contribution in [2.24, 2.45) is 12.8 Å². The van der Waals surface area contributed by atoms with Gasteiger partial charge in [0.05, 0.1) is 0 Å². The van der Waals surface area contributed by atoms with Crippen molar-refractivity contribution in [3.8, 4) is 22.6 Å². The number of ether oxygens (including phenoxy) is 1. The third-order valence-corrected chi connectivity index (χ3v) is 6.39. The van der Waals surface area contributed by atoms with Crippen LogP contribution in [0.5, 0.6) is 11.5 Å². The zero-order valence-electron chi connectivity index (χ0n) is 18.9. The maximum absolute atomic E-state index is 14.4. The number of aromatic nitrogens is 2. The molecular weight excluding hydrogens is 438 g/mol. The fraction of sp³-hybridized carbons (Fsp3) is 0.269. The number of likely N-dealkylation sites (tertiary alicyclic amines) is 1. The third kappa shape index (κ3) is 4.34. The first-order chi connectivity index (χ1) is 16.4. The van der Waals surface area contributed by atoms with Gasteiger partial charge in [-0.25, -0.2) is 8.78 Å². The van der Waals surface area contributed by atoms with Gasteiger partial charge in [-0.05, 0) is 61.8 Å². The molecule has 1 aliphatic rings. The minimum Gasteiger partial charge on any atom is -0.454 e. The van der Waals surface area contributed by atoms with E-state index in [0.717, 1.165) is 66.7 Å². The van der Waals surface area contributed by atoms with E-state index in [4.69, 9.17) is 10.5 Å². The number of H-pyrrole nitrogens is 1. The summed E-state index contributed by atoms with van der Waals surface area (Å²) < 4.78 is 35.5. The lowest BCUT2D eigenvalue weighted by Crippen LogP contribution is -2.39. The Bertz CT molecular complexity index is 1400. The number of rotatable bonds is 5. The molecule has 34 heavy (non-hydrogen) atoms. The molecule has 1 saturated heterocycles. The highest BCUT2D eigenvalue weighted by Gasteiger charge is 2.20. The van der Waals surface area contributed by atoms with Crippen molar-refractivity contribution in [3.63, 3.8) is 0 Å². The Balaban J connectivity index is 1.59. The van der Waals surface area contributed by atoms with E-state index in [1.165, 1.54) is 6.07 Å². The predicted octanol–water partition coefficient (Wildman–Crippen LogP) is 4.53. The molecule has 4 aromatic rings. The summed E-state index contributed by atoms with van der Waals surface area (Å²) in [5.41, 5.74) is 8.98. The lowest BCUT2D eigenvalue weighted by molar-refractivity contribution is 0.205. The van der Waals surface area contributed by atoms with Crippen LogP contribution in [0.15, 0.2) is 59.7 Å². The molecule has 2 aromatic heterocycles. The number of piperidine rings is 1. The van der Waals surface area contributed by atoms with Crippen molar-refractivity contribution < 1.29 is 13.5 Å². The Labute approximate surface area is 195 Å². The molecule has 1 fully saturated rings. The molecule has 0 aliphatic carbocycles. The monoisotopic (exact) mass is 464 g/mol. The second-order valence-corrected chi connectivity index (χ2v) is 8.84. The van der Waals surface area contributed by atoms with E-state index in [9.17, 15) is 13.6 Å². The maximum Gasteiger partial charge on any atom is 0.272 e. The summed E-state index contributed by atoms with van der Waals surface area (Å²) in [6.07, 6.45) is 5.40. The predicted molar refractivity (Wildman–Crippen MR) is 128 cm³/mol. The minimum absolute atomic E-state index is 0.0708. The molecule has 0 atom stereocenters. The standard InChI is InChI=1S/C26H26F2N4O2/c1-31-15-21(19-6-9-30-26(33)25(19)31)20-12-16(14-32-10-7-18(29)8-11-32)2-4-23(20)34-24-5-3-17(27)13-22(24)28/h2-6,9,12-13,15,18H,7-8,10-11,14,29H2,1H3,(H,30,33). The largest absolute Gasteiger partial charge is 0.454 e. The van der Waals surface area contributed by atoms with Gasteiger partial charge in [0, 0.05) is 54.6 Å². The van der Waals surface area contributed by atoms with Crippen LogP contribution < -0.4 is 16.0 Å². The van der Waals surface area contributed by atoms with Crippen LogP contribution in [0.1, 0.15) is 18.4 Å². The third-order valence-electron chi connectivity index (χ3n) is 6.39. The number of aryl methyl sites for hydroxylation is 1. The Morgan fingerprint density at radius 3 is 2.59 bits per heavy atom. The van der Waals surface area contributed by atoms with Crippen LogP contribution in [0.25, 0.3) is 22.0 Å². The Morgan fingerprint density at radius 2 is 1.82 bits per heavy atom. The van der Waals surface area contributed by atoms with Crippen LogP contribution in [0.4, 0.5) is 8.78 Å². The lowest BCUT2D eigenvalue weighted by atomic mass is 10.00. The van der Waals surface area contributed by atoms with E-state index >= 15 is 0 Å². The second-order valence-electron chi connectivity index (χ2n) is 8.84. The van der Waals surface area contributed by atoms with Crippen molar-refractivity contribution in [1.82, 2.24) is 14.5 Å². The number of nitrogens with one attached hydrogen (secondary N) is 1. The minimum atomic E-state index is -0.783. The molecule has 2 aromatic carbocycles. The van der Waals surface area contributed by atoms with Crippen molar-refractivity contribution >= 4 is 10.9 Å². The molecule has 0 spiro atoms. The average molecular weight is 465 g/mol. The van der Waals surface area contributed by atoms with Crippen LogP contribution in [0, 0.1) is 11.6 Å². The zero-order chi connectivity index (χ0) is 23.8. The quantitative estimate of drug-likeness (QED) is 0.455. The molecular formula is C26H26F2N4O2. The van der Waals surface area contributed by atoms with Crippen LogP contribution in [-0.2, 0) is 13.6 Å². The highest BCUT2D eigenvalue weighted by Crippen LogP contribution is 2.39. The summed E-state index contributed by atoms with van der Waals surface area (Å²) in [4.78, 5) is 17.5. The Hall–Kier alpha value is -3.49. The van der Waals surface area contributed by atoms with Gasteiger partial charge in [0.25, 0.3) is 5.56 Å². The Morgan fingerprint density at radius 1 is 1.06 bits per heavy atom. The highest BCUT2D eigenvalue weighted by molar-refractivity contribution is 5.97. The van der Waals surface area contributed by atoms with Crippen LogP contribution >= 0.6 is 0 Å². The van der Waals surface area contributed by atoms with E-state index in [1.807, 2.05) is 31.4 Å². The van der Waals surface area contributed by atoms with Crippen LogP contribution in [0.2, 0.25) is 0 Å². The van der Waals surface area contributed by atoms with Gasteiger partial charge >= 0.3 is 0 Å². The van der Waals surface area contributed by atoms with Gasteiger partial charge in [0.2, 0.25) is 0 Å². The summed E-state index contributed by atoms with van der Waals surface area (Å²) in [5.74, 6) is -1.11. The van der Waals surface area contributed by atoms with Gasteiger partial charge in [-0.3, -0.25) is 9.69 Å². The number of benzene rings is 2. The van der Waals surface area contributed by atoms with Gasteiger partial charge in [-0.15, -0.1) is 0 Å². The van der Waals surface area contributed by atoms with E-state index in [-0.39, 0.29) is 17.4 Å². The normalized spacial score (nSPS) is 15.2. The van der Waals surface area contributed by atoms with Crippen LogP contribution in [-0.4, -0.2) is 33.6 Å². The topological polar surface area (TPSA) is 76.3 Å². The summed E-state index contributed by atoms with van der Waals surface area (Å²) in [6.45, 7) is 2.61. The molecule has 3 N–H and O–H groups in total. The van der Waals surface area contributed by atoms with Gasteiger partial charge in [-0.2, -0.15) is 0 Å². The highest BCUT2D eigenvalue weighted by atomic mass is 19.1. The molecule has 0 unspecified atom stereocenters. The van der Waals surface area contributed by atoms with Crippen LogP contribution in [0.3, 0.4) is 0 Å². The van der Waals surface area contributed by atoms with E-state index < -0.39 is 11.6 Å². The van der Waals surface area contributed by atoms with Crippen molar-refractivity contribution in [3.05, 3.63) is 82.4 Å². The number of nitrogens with two attached hydrogens (primary N) is 1. The molecule has 8 heteroatoms. The van der Waals surface area contributed by atoms with E-state index in [1.54, 1.807) is 16.8 Å². The molecule has 5 rings (SSSR count). The van der Waals surface area contributed by atoms with Gasteiger partial charge in [0.15, 0.2) is 11.6 Å². The van der Waals surface area contributed by atoms with Crippen molar-refractivity contribution in [2.45, 2.75) is 25.4 Å². The van der Waals surface area contributed by atoms with E-state index in [2.05, 4.69) is 9.88 Å². The molecule has 0 amide bonds. The molecule has 0 bridgehead atoms. The number of halogens is 2. The number of hydrogen-bond donors (Lipinski definition) is 2. The number of aromatic amines is 1. The first-order valence-corrected chi connectivity index (χ1v) is 11.3. The lowest BCUT2D eigenvalue weighted by Gasteiger charge is -2.30. The number of pyridine rings is 1. The average Bonchev–Trinajstić information content (AvgIpc) is 3.15. The molecule has 3 heterocycles. The zero-order valence-corrected chi connectivity index (χ0v) is 18.9. The number of fused-ring (bicyclic) bond motifs is 1. The molecule has 1 aliphatic heterocycles.